The summed E-state index contributed by atoms with van der Waals surface area (Å²) in [6.45, 7) is 4.71. The average Bonchev–Trinajstić information content (AvgIpc) is 2.87. The summed E-state index contributed by atoms with van der Waals surface area (Å²) in [6, 6.07) is 15.4. The van der Waals surface area contributed by atoms with E-state index in [1.165, 1.54) is 4.90 Å². The standard InChI is InChI=1S/C26H29ClN4O4/c1-3-35-25(33)22-21(29(2)26(34)28-23(22)18-7-5-4-6-8-18)17-30-13-15-31(16-14-30)24(32)19-9-11-20(27)12-10-19/h4-12,23H,3,13-17H2,1-2H3,(H,28,34)/t23-/m1/s1. The fourth-order valence-electron chi connectivity index (χ4n) is 4.39. The van der Waals surface area contributed by atoms with Crippen LogP contribution in [-0.4, -0.2) is 79.0 Å². The molecule has 3 amide bonds. The van der Waals surface area contributed by atoms with Gasteiger partial charge in [-0.2, -0.15) is 0 Å². The van der Waals surface area contributed by atoms with Crippen LogP contribution in [0.3, 0.4) is 0 Å². The maximum atomic E-state index is 13.1. The molecule has 2 aliphatic rings. The average molecular weight is 497 g/mol. The van der Waals surface area contributed by atoms with E-state index in [0.29, 0.717) is 54.6 Å². The molecule has 0 radical (unpaired) electrons. The van der Waals surface area contributed by atoms with Gasteiger partial charge in [-0.15, -0.1) is 0 Å². The molecule has 9 heteroatoms. The zero-order chi connectivity index (χ0) is 24.9. The SMILES string of the molecule is CCOC(=O)C1=C(CN2CCN(C(=O)c3ccc(Cl)cc3)CC2)N(C)C(=O)N[C@@H]1c1ccccc1. The summed E-state index contributed by atoms with van der Waals surface area (Å²) in [6.07, 6.45) is 0. The number of carbonyl (C=O) groups is 3. The molecule has 2 aromatic rings. The van der Waals surface area contributed by atoms with Gasteiger partial charge < -0.3 is 15.0 Å². The lowest BCUT2D eigenvalue weighted by atomic mass is 9.94. The summed E-state index contributed by atoms with van der Waals surface area (Å²) in [5.74, 6) is -0.481. The summed E-state index contributed by atoms with van der Waals surface area (Å²) < 4.78 is 5.39. The number of nitrogens with zero attached hydrogens (tertiary/aromatic N) is 3. The van der Waals surface area contributed by atoms with E-state index in [0.717, 1.165) is 5.56 Å². The maximum absolute atomic E-state index is 13.1. The normalized spacial score (nSPS) is 18.9. The second kappa shape index (κ2) is 10.9. The number of urea groups is 1. The molecule has 2 heterocycles. The van der Waals surface area contributed by atoms with Crippen molar-refractivity contribution in [2.45, 2.75) is 13.0 Å². The molecule has 1 atom stereocenters. The molecule has 0 aliphatic carbocycles. The molecule has 1 saturated heterocycles. The second-order valence-corrected chi connectivity index (χ2v) is 8.94. The number of ether oxygens (including phenoxy) is 1. The molecule has 4 rings (SSSR count). The zero-order valence-electron chi connectivity index (χ0n) is 19.9. The summed E-state index contributed by atoms with van der Waals surface area (Å²) in [7, 11) is 1.66. The molecule has 2 aromatic carbocycles. The van der Waals surface area contributed by atoms with E-state index in [1.54, 1.807) is 38.2 Å². The number of esters is 1. The second-order valence-electron chi connectivity index (χ2n) is 8.51. The van der Waals surface area contributed by atoms with Gasteiger partial charge in [0.1, 0.15) is 0 Å². The Morgan fingerprint density at radius 1 is 1.03 bits per heavy atom. The lowest BCUT2D eigenvalue weighted by Gasteiger charge is -2.39. The van der Waals surface area contributed by atoms with E-state index < -0.39 is 12.0 Å². The number of piperazine rings is 1. The van der Waals surface area contributed by atoms with Gasteiger partial charge in [-0.1, -0.05) is 41.9 Å². The van der Waals surface area contributed by atoms with E-state index in [-0.39, 0.29) is 18.5 Å². The van der Waals surface area contributed by atoms with E-state index in [9.17, 15) is 14.4 Å². The Morgan fingerprint density at radius 2 is 1.69 bits per heavy atom. The highest BCUT2D eigenvalue weighted by atomic mass is 35.5. The molecule has 1 N–H and O–H groups in total. The first-order valence-corrected chi connectivity index (χ1v) is 12.0. The van der Waals surface area contributed by atoms with Gasteiger partial charge in [-0.05, 0) is 36.8 Å². The van der Waals surface area contributed by atoms with Crippen molar-refractivity contribution in [3.05, 3.63) is 82.0 Å². The van der Waals surface area contributed by atoms with Crippen LogP contribution in [0.1, 0.15) is 28.9 Å². The van der Waals surface area contributed by atoms with Gasteiger partial charge in [0.25, 0.3) is 5.91 Å². The summed E-state index contributed by atoms with van der Waals surface area (Å²) in [4.78, 5) is 44.2. The lowest BCUT2D eigenvalue weighted by molar-refractivity contribution is -0.139. The summed E-state index contributed by atoms with van der Waals surface area (Å²) >= 11 is 5.94. The molecule has 0 spiro atoms. The van der Waals surface area contributed by atoms with Gasteiger partial charge in [-0.3, -0.25) is 14.6 Å². The quantitative estimate of drug-likeness (QED) is 0.620. The number of hydrogen-bond acceptors (Lipinski definition) is 5. The first kappa shape index (κ1) is 24.8. The number of nitrogens with one attached hydrogen (secondary N) is 1. The van der Waals surface area contributed by atoms with Crippen LogP contribution in [-0.2, 0) is 9.53 Å². The van der Waals surface area contributed by atoms with Crippen molar-refractivity contribution in [1.29, 1.82) is 0 Å². The molecular weight excluding hydrogens is 468 g/mol. The van der Waals surface area contributed by atoms with Crippen LogP contribution >= 0.6 is 11.6 Å². The fourth-order valence-corrected chi connectivity index (χ4v) is 4.52. The minimum Gasteiger partial charge on any atom is -0.463 e. The summed E-state index contributed by atoms with van der Waals surface area (Å²) in [5, 5.41) is 3.52. The van der Waals surface area contributed by atoms with Crippen LogP contribution in [0.4, 0.5) is 4.79 Å². The third-order valence-corrected chi connectivity index (χ3v) is 6.58. The smallest absolute Gasteiger partial charge is 0.338 e. The van der Waals surface area contributed by atoms with Gasteiger partial charge in [-0.25, -0.2) is 9.59 Å². The van der Waals surface area contributed by atoms with Gasteiger partial charge in [0.15, 0.2) is 0 Å². The largest absolute Gasteiger partial charge is 0.463 e. The first-order valence-electron chi connectivity index (χ1n) is 11.7. The minimum atomic E-state index is -0.596. The Morgan fingerprint density at radius 3 is 2.31 bits per heavy atom. The number of rotatable bonds is 6. The molecular formula is C26H29ClN4O4. The first-order chi connectivity index (χ1) is 16.9. The van der Waals surface area contributed by atoms with E-state index in [4.69, 9.17) is 16.3 Å². The van der Waals surface area contributed by atoms with Gasteiger partial charge in [0, 0.05) is 56.1 Å². The Kier molecular flexibility index (Phi) is 7.73. The number of hydrogen-bond donors (Lipinski definition) is 1. The predicted octanol–water partition coefficient (Wildman–Crippen LogP) is 3.31. The third kappa shape index (κ3) is 5.49. The molecule has 2 aliphatic heterocycles. The van der Waals surface area contributed by atoms with Crippen molar-refractivity contribution < 1.29 is 19.1 Å². The molecule has 184 valence electrons. The van der Waals surface area contributed by atoms with Crippen LogP contribution in [0.15, 0.2) is 65.9 Å². The monoisotopic (exact) mass is 496 g/mol. The third-order valence-electron chi connectivity index (χ3n) is 6.33. The van der Waals surface area contributed by atoms with E-state index >= 15 is 0 Å². The molecule has 0 aromatic heterocycles. The number of halogens is 1. The van der Waals surface area contributed by atoms with Crippen molar-refractivity contribution >= 4 is 29.5 Å². The van der Waals surface area contributed by atoms with Gasteiger partial charge in [0.2, 0.25) is 0 Å². The number of likely N-dealkylation sites (N-methyl/N-ethyl adjacent to an activating group) is 1. The van der Waals surface area contributed by atoms with E-state index in [2.05, 4.69) is 10.2 Å². The summed E-state index contributed by atoms with van der Waals surface area (Å²) in [5.41, 5.74) is 2.45. The molecule has 35 heavy (non-hydrogen) atoms. The Labute approximate surface area is 210 Å². The van der Waals surface area contributed by atoms with Crippen molar-refractivity contribution in [1.82, 2.24) is 20.0 Å². The molecule has 0 bridgehead atoms. The fraction of sp³-hybridized carbons (Fsp3) is 0.346. The molecule has 8 nitrogen and oxygen atoms in total. The van der Waals surface area contributed by atoms with Crippen LogP contribution in [0.5, 0.6) is 0 Å². The Bertz CT molecular complexity index is 1110. The van der Waals surface area contributed by atoms with Crippen molar-refractivity contribution in [3.8, 4) is 0 Å². The zero-order valence-corrected chi connectivity index (χ0v) is 20.6. The molecule has 1 fully saturated rings. The van der Waals surface area contributed by atoms with Crippen molar-refractivity contribution in [3.63, 3.8) is 0 Å². The highest BCUT2D eigenvalue weighted by molar-refractivity contribution is 6.30. The van der Waals surface area contributed by atoms with Crippen molar-refractivity contribution in [2.75, 3.05) is 46.4 Å². The number of amides is 3. The number of carbonyl (C=O) groups excluding carboxylic acids is 3. The molecule has 0 unspecified atom stereocenters. The van der Waals surface area contributed by atoms with Crippen LogP contribution in [0.2, 0.25) is 5.02 Å². The van der Waals surface area contributed by atoms with Crippen molar-refractivity contribution in [2.24, 2.45) is 0 Å². The van der Waals surface area contributed by atoms with Crippen LogP contribution < -0.4 is 5.32 Å². The van der Waals surface area contributed by atoms with Crippen LogP contribution in [0, 0.1) is 0 Å². The topological polar surface area (TPSA) is 82.2 Å². The Balaban J connectivity index is 1.54. The lowest BCUT2D eigenvalue weighted by Crippen LogP contribution is -2.53. The predicted molar refractivity (Wildman–Crippen MR) is 133 cm³/mol. The van der Waals surface area contributed by atoms with Gasteiger partial charge >= 0.3 is 12.0 Å². The maximum Gasteiger partial charge on any atom is 0.338 e. The number of benzene rings is 2. The highest BCUT2D eigenvalue weighted by Crippen LogP contribution is 2.31. The van der Waals surface area contributed by atoms with Crippen LogP contribution in [0.25, 0.3) is 0 Å². The highest BCUT2D eigenvalue weighted by Gasteiger charge is 2.37. The molecule has 0 saturated carbocycles. The van der Waals surface area contributed by atoms with Gasteiger partial charge in [0.05, 0.1) is 18.2 Å². The minimum absolute atomic E-state index is 0.0361. The van der Waals surface area contributed by atoms with E-state index in [1.807, 2.05) is 35.2 Å². The Hall–Kier alpha value is -3.36.